The maximum atomic E-state index is 15.2. The van der Waals surface area contributed by atoms with Gasteiger partial charge in [-0.1, -0.05) is 37.3 Å². The fourth-order valence-electron chi connectivity index (χ4n) is 3.97. The molecule has 1 aliphatic carbocycles. The molecule has 1 nitrogen and oxygen atoms in total. The van der Waals surface area contributed by atoms with Crippen LogP contribution in [0, 0.1) is 29.1 Å². The third kappa shape index (κ3) is 3.50. The van der Waals surface area contributed by atoms with Crippen LogP contribution < -0.4 is 4.74 Å². The van der Waals surface area contributed by atoms with E-state index in [4.69, 9.17) is 4.74 Å². The molecule has 0 atom stereocenters. The second kappa shape index (κ2) is 8.17. The van der Waals surface area contributed by atoms with E-state index in [1.807, 2.05) is 0 Å². The van der Waals surface area contributed by atoms with Gasteiger partial charge in [0.25, 0.3) is 0 Å². The summed E-state index contributed by atoms with van der Waals surface area (Å²) in [6.07, 6.45) is 2.49. The summed E-state index contributed by atoms with van der Waals surface area (Å²) in [7, 11) is 1.21. The van der Waals surface area contributed by atoms with E-state index in [9.17, 15) is 17.6 Å². The van der Waals surface area contributed by atoms with Crippen LogP contribution in [0.25, 0.3) is 22.8 Å². The van der Waals surface area contributed by atoms with Gasteiger partial charge in [0.15, 0.2) is 23.2 Å². The second-order valence-electron chi connectivity index (χ2n) is 7.36. The molecular weight excluding hydrogens is 411 g/mol. The van der Waals surface area contributed by atoms with Crippen molar-refractivity contribution in [3.05, 3.63) is 87.7 Å². The molecule has 0 aromatic heterocycles. The van der Waals surface area contributed by atoms with Gasteiger partial charge in [-0.2, -0.15) is 4.39 Å². The Kier molecular flexibility index (Phi) is 5.56. The van der Waals surface area contributed by atoms with Crippen molar-refractivity contribution in [3.8, 4) is 16.9 Å². The normalized spacial score (nSPS) is 13.1. The molecule has 6 heteroatoms. The lowest BCUT2D eigenvalue weighted by atomic mass is 9.86. The first kappa shape index (κ1) is 21.1. The summed E-state index contributed by atoms with van der Waals surface area (Å²) < 4.78 is 77.3. The van der Waals surface area contributed by atoms with Gasteiger partial charge in [0.1, 0.15) is 5.82 Å². The van der Waals surface area contributed by atoms with Crippen molar-refractivity contribution >= 4 is 11.6 Å². The van der Waals surface area contributed by atoms with Gasteiger partial charge >= 0.3 is 0 Å². The highest BCUT2D eigenvalue weighted by Gasteiger charge is 2.24. The van der Waals surface area contributed by atoms with Crippen LogP contribution >= 0.6 is 0 Å². The molecule has 3 aromatic rings. The highest BCUT2D eigenvalue weighted by Crippen LogP contribution is 2.38. The molecule has 0 radical (unpaired) electrons. The first-order chi connectivity index (χ1) is 14.9. The van der Waals surface area contributed by atoms with Crippen LogP contribution in [0.3, 0.4) is 0 Å². The molecular formula is C25H19F5O. The molecule has 160 valence electrons. The molecule has 4 rings (SSSR count). The molecule has 1 aliphatic rings. The molecule has 0 saturated carbocycles. The van der Waals surface area contributed by atoms with Gasteiger partial charge in [0.05, 0.1) is 7.11 Å². The quantitative estimate of drug-likeness (QED) is 0.401. The van der Waals surface area contributed by atoms with Gasteiger partial charge in [-0.3, -0.25) is 0 Å². The van der Waals surface area contributed by atoms with E-state index in [2.05, 4.69) is 0 Å². The van der Waals surface area contributed by atoms with E-state index >= 15 is 4.39 Å². The molecule has 0 N–H and O–H groups in total. The van der Waals surface area contributed by atoms with Crippen LogP contribution in [-0.2, 0) is 12.8 Å². The third-order valence-electron chi connectivity index (χ3n) is 5.70. The van der Waals surface area contributed by atoms with Crippen LogP contribution in [0.15, 0.2) is 36.4 Å². The van der Waals surface area contributed by atoms with Crippen molar-refractivity contribution in [3.63, 3.8) is 0 Å². The molecule has 3 aromatic carbocycles. The number of hydrogen-bond donors (Lipinski definition) is 0. The van der Waals surface area contributed by atoms with E-state index in [1.165, 1.54) is 31.4 Å². The highest BCUT2D eigenvalue weighted by molar-refractivity contribution is 5.86. The minimum absolute atomic E-state index is 0.0702. The van der Waals surface area contributed by atoms with Crippen LogP contribution in [0.1, 0.15) is 35.6 Å². The van der Waals surface area contributed by atoms with E-state index in [-0.39, 0.29) is 35.3 Å². The van der Waals surface area contributed by atoms with E-state index < -0.39 is 29.1 Å². The van der Waals surface area contributed by atoms with Gasteiger partial charge in [0.2, 0.25) is 5.82 Å². The summed E-state index contributed by atoms with van der Waals surface area (Å²) in [4.78, 5) is 0. The van der Waals surface area contributed by atoms with Gasteiger partial charge in [-0.25, -0.2) is 17.6 Å². The molecule has 0 spiro atoms. The van der Waals surface area contributed by atoms with Crippen molar-refractivity contribution in [2.24, 2.45) is 0 Å². The summed E-state index contributed by atoms with van der Waals surface area (Å²) in [5.41, 5.74) is 1.53. The average molecular weight is 430 g/mol. The highest BCUT2D eigenvalue weighted by atomic mass is 19.2. The summed E-state index contributed by atoms with van der Waals surface area (Å²) in [5, 5.41) is 0. The Hall–Kier alpha value is -3.15. The topological polar surface area (TPSA) is 9.23 Å². The number of allylic oxidation sites excluding steroid dienone is 1. The molecule has 0 unspecified atom stereocenters. The lowest BCUT2D eigenvalue weighted by Crippen LogP contribution is -2.06. The summed E-state index contributed by atoms with van der Waals surface area (Å²) in [5.74, 6) is -5.10. The van der Waals surface area contributed by atoms with Gasteiger partial charge in [-0.15, -0.1) is 0 Å². The lowest BCUT2D eigenvalue weighted by Gasteiger charge is -2.20. The number of hydrogen-bond acceptors (Lipinski definition) is 1. The molecule has 0 fully saturated rings. The number of methoxy groups -OCH3 is 1. The number of halogens is 5. The van der Waals surface area contributed by atoms with Gasteiger partial charge in [-0.05, 0) is 53.7 Å². The zero-order valence-corrected chi connectivity index (χ0v) is 17.0. The molecule has 0 aliphatic heterocycles. The minimum Gasteiger partial charge on any atom is -0.494 e. The standard InChI is InChI=1S/C25H19F5O/c1-3-13-4-7-17(23(28)21(13)26)15-5-8-16-14(12-15)6-9-18(22(16)27)19-10-11-20(31-2)25(30)24(19)29/h4,6-7,9-12H,3,5,8H2,1-2H3. The molecule has 0 saturated heterocycles. The predicted molar refractivity (Wildman–Crippen MR) is 110 cm³/mol. The Morgan fingerprint density at radius 1 is 0.710 bits per heavy atom. The van der Waals surface area contributed by atoms with Crippen LogP contribution in [0.2, 0.25) is 0 Å². The fraction of sp³-hybridized carbons (Fsp3) is 0.200. The van der Waals surface area contributed by atoms with Crippen molar-refractivity contribution in [2.45, 2.75) is 26.2 Å². The SMILES string of the molecule is CCc1ccc(C2=Cc3ccc(-c4ccc(OC)c(F)c4F)c(F)c3CC2)c(F)c1F. The first-order valence-corrected chi connectivity index (χ1v) is 9.88. The lowest BCUT2D eigenvalue weighted by molar-refractivity contribution is 0.372. The molecule has 0 heterocycles. The Morgan fingerprint density at radius 3 is 2.06 bits per heavy atom. The van der Waals surface area contributed by atoms with Crippen LogP contribution in [0.5, 0.6) is 5.75 Å². The fourth-order valence-corrected chi connectivity index (χ4v) is 3.97. The van der Waals surface area contributed by atoms with Crippen LogP contribution in [-0.4, -0.2) is 7.11 Å². The zero-order chi connectivity index (χ0) is 22.3. The maximum Gasteiger partial charge on any atom is 0.201 e. The van der Waals surface area contributed by atoms with E-state index in [0.29, 0.717) is 28.7 Å². The number of ether oxygens (including phenoxy) is 1. The van der Waals surface area contributed by atoms with Crippen molar-refractivity contribution in [2.75, 3.05) is 7.11 Å². The van der Waals surface area contributed by atoms with Crippen molar-refractivity contribution in [1.82, 2.24) is 0 Å². The van der Waals surface area contributed by atoms with E-state index in [0.717, 1.165) is 0 Å². The van der Waals surface area contributed by atoms with Gasteiger partial charge in [0, 0.05) is 16.7 Å². The summed E-state index contributed by atoms with van der Waals surface area (Å²) in [6, 6.07) is 8.52. The van der Waals surface area contributed by atoms with Gasteiger partial charge < -0.3 is 4.74 Å². The zero-order valence-electron chi connectivity index (χ0n) is 17.0. The number of aryl methyl sites for hydroxylation is 1. The minimum atomic E-state index is -1.20. The van der Waals surface area contributed by atoms with E-state index in [1.54, 1.807) is 25.1 Å². The number of benzene rings is 3. The number of fused-ring (bicyclic) bond motifs is 1. The number of rotatable bonds is 4. The average Bonchev–Trinajstić information content (AvgIpc) is 2.78. The monoisotopic (exact) mass is 430 g/mol. The predicted octanol–water partition coefficient (Wildman–Crippen LogP) is 7.11. The second-order valence-corrected chi connectivity index (χ2v) is 7.36. The maximum absolute atomic E-state index is 15.2. The smallest absolute Gasteiger partial charge is 0.201 e. The van der Waals surface area contributed by atoms with Crippen molar-refractivity contribution < 1.29 is 26.7 Å². The molecule has 0 bridgehead atoms. The molecule has 31 heavy (non-hydrogen) atoms. The summed E-state index contributed by atoms with van der Waals surface area (Å²) >= 11 is 0. The van der Waals surface area contributed by atoms with Crippen LogP contribution in [0.4, 0.5) is 22.0 Å². The Labute approximate surface area is 176 Å². The Balaban J connectivity index is 1.77. The summed E-state index contributed by atoms with van der Waals surface area (Å²) in [6.45, 7) is 1.74. The third-order valence-corrected chi connectivity index (χ3v) is 5.70. The Morgan fingerprint density at radius 2 is 1.35 bits per heavy atom. The Bertz CT molecular complexity index is 1210. The molecule has 0 amide bonds. The van der Waals surface area contributed by atoms with Crippen molar-refractivity contribution in [1.29, 1.82) is 0 Å². The first-order valence-electron chi connectivity index (χ1n) is 9.88. The largest absolute Gasteiger partial charge is 0.494 e.